The van der Waals surface area contributed by atoms with Crippen LogP contribution in [0.1, 0.15) is 32.1 Å². The van der Waals surface area contributed by atoms with Crippen molar-refractivity contribution in [3.8, 4) is 0 Å². The van der Waals surface area contributed by atoms with Gasteiger partial charge in [-0.3, -0.25) is 0 Å². The second-order valence-corrected chi connectivity index (χ2v) is 6.84. The number of fused-ring (bicyclic) bond motifs is 6. The third-order valence-corrected chi connectivity index (χ3v) is 6.14. The molecular formula is C12H18OS. The van der Waals surface area contributed by atoms with E-state index in [1.54, 1.807) is 0 Å². The zero-order valence-electron chi connectivity index (χ0n) is 8.58. The summed E-state index contributed by atoms with van der Waals surface area (Å²) in [6.45, 7) is 0. The highest BCUT2D eigenvalue weighted by atomic mass is 32.2. The van der Waals surface area contributed by atoms with E-state index >= 15 is 0 Å². The summed E-state index contributed by atoms with van der Waals surface area (Å²) in [5, 5.41) is 0. The van der Waals surface area contributed by atoms with Crippen molar-refractivity contribution in [1.82, 2.24) is 0 Å². The van der Waals surface area contributed by atoms with Gasteiger partial charge in [-0.25, -0.2) is 0 Å². The molecule has 78 valence electrons. The highest BCUT2D eigenvalue weighted by molar-refractivity contribution is 7.99. The summed E-state index contributed by atoms with van der Waals surface area (Å²) in [6.07, 6.45) is 7.89. The molecule has 2 saturated carbocycles. The third-order valence-electron chi connectivity index (χ3n) is 5.16. The van der Waals surface area contributed by atoms with Gasteiger partial charge in [-0.2, -0.15) is 11.8 Å². The van der Waals surface area contributed by atoms with E-state index in [1.807, 2.05) is 0 Å². The molecule has 2 heterocycles. The molecule has 2 heteroatoms. The molecule has 2 aliphatic heterocycles. The fraction of sp³-hybridized carbons (Fsp3) is 1.00. The van der Waals surface area contributed by atoms with Gasteiger partial charge in [0, 0.05) is 5.92 Å². The van der Waals surface area contributed by atoms with Crippen LogP contribution in [0.2, 0.25) is 0 Å². The fourth-order valence-corrected chi connectivity index (χ4v) is 5.77. The maximum absolute atomic E-state index is 6.31. The highest BCUT2D eigenvalue weighted by Gasteiger charge is 2.65. The van der Waals surface area contributed by atoms with Crippen LogP contribution in [0, 0.1) is 17.8 Å². The van der Waals surface area contributed by atoms with Crippen LogP contribution in [0.5, 0.6) is 0 Å². The SMILES string of the molecule is C1CC2(CCS1)O[C@H]1[C@@H]3CC[C@@H](C3)[C@H]12. The Bertz CT molecular complexity index is 257. The lowest BCUT2D eigenvalue weighted by atomic mass is 9.66. The highest BCUT2D eigenvalue weighted by Crippen LogP contribution is 2.64. The maximum Gasteiger partial charge on any atom is 0.0757 e. The number of hydrogen-bond donors (Lipinski definition) is 0. The van der Waals surface area contributed by atoms with Crippen molar-refractivity contribution in [1.29, 1.82) is 0 Å². The molecule has 14 heavy (non-hydrogen) atoms. The van der Waals surface area contributed by atoms with Gasteiger partial charge in [0.05, 0.1) is 11.7 Å². The van der Waals surface area contributed by atoms with Gasteiger partial charge in [-0.05, 0) is 55.4 Å². The first kappa shape index (κ1) is 8.46. The minimum atomic E-state index is 0.385. The molecule has 1 spiro atoms. The van der Waals surface area contributed by atoms with Crippen molar-refractivity contribution in [3.05, 3.63) is 0 Å². The molecule has 0 aromatic rings. The Morgan fingerprint density at radius 1 is 1.07 bits per heavy atom. The average Bonchev–Trinajstić information content (AvgIpc) is 2.75. The summed E-state index contributed by atoms with van der Waals surface area (Å²) in [6, 6.07) is 0. The van der Waals surface area contributed by atoms with Gasteiger partial charge in [0.1, 0.15) is 0 Å². The number of hydrogen-bond acceptors (Lipinski definition) is 2. The summed E-state index contributed by atoms with van der Waals surface area (Å²) in [7, 11) is 0. The van der Waals surface area contributed by atoms with Crippen molar-refractivity contribution in [2.24, 2.45) is 17.8 Å². The first-order chi connectivity index (χ1) is 6.89. The molecule has 4 fully saturated rings. The van der Waals surface area contributed by atoms with E-state index in [2.05, 4.69) is 11.8 Å². The van der Waals surface area contributed by atoms with Crippen LogP contribution >= 0.6 is 11.8 Å². The van der Waals surface area contributed by atoms with E-state index in [0.29, 0.717) is 11.7 Å². The summed E-state index contributed by atoms with van der Waals surface area (Å²) >= 11 is 2.12. The summed E-state index contributed by atoms with van der Waals surface area (Å²) in [5.41, 5.74) is 0.385. The molecule has 0 amide bonds. The third kappa shape index (κ3) is 0.880. The minimum absolute atomic E-state index is 0.385. The Kier molecular flexibility index (Phi) is 1.63. The first-order valence-electron chi connectivity index (χ1n) is 6.15. The van der Waals surface area contributed by atoms with Crippen LogP contribution in [0.3, 0.4) is 0 Å². The van der Waals surface area contributed by atoms with Gasteiger partial charge in [-0.1, -0.05) is 0 Å². The number of rotatable bonds is 0. The van der Waals surface area contributed by atoms with Gasteiger partial charge >= 0.3 is 0 Å². The predicted molar refractivity (Wildman–Crippen MR) is 58.5 cm³/mol. The van der Waals surface area contributed by atoms with Gasteiger partial charge in [0.25, 0.3) is 0 Å². The molecule has 0 aromatic carbocycles. The maximum atomic E-state index is 6.31. The van der Waals surface area contributed by atoms with Gasteiger partial charge in [0.15, 0.2) is 0 Å². The monoisotopic (exact) mass is 210 g/mol. The van der Waals surface area contributed by atoms with Crippen LogP contribution in [0.4, 0.5) is 0 Å². The lowest BCUT2D eigenvalue weighted by Crippen LogP contribution is -2.63. The number of ether oxygens (including phenoxy) is 1. The summed E-state index contributed by atoms with van der Waals surface area (Å²) in [5.74, 6) is 5.70. The minimum Gasteiger partial charge on any atom is -0.371 e. The van der Waals surface area contributed by atoms with E-state index in [4.69, 9.17) is 4.74 Å². The van der Waals surface area contributed by atoms with Gasteiger partial charge in [0.2, 0.25) is 0 Å². The molecule has 0 unspecified atom stereocenters. The van der Waals surface area contributed by atoms with Crippen LogP contribution in [-0.2, 0) is 4.74 Å². The molecule has 0 radical (unpaired) electrons. The Morgan fingerprint density at radius 3 is 2.64 bits per heavy atom. The van der Waals surface area contributed by atoms with Gasteiger partial charge < -0.3 is 4.74 Å². The van der Waals surface area contributed by atoms with E-state index in [9.17, 15) is 0 Å². The Labute approximate surface area is 90.0 Å². The zero-order chi connectivity index (χ0) is 9.17. The van der Waals surface area contributed by atoms with E-state index in [-0.39, 0.29) is 0 Å². The molecule has 2 saturated heterocycles. The second kappa shape index (κ2) is 2.70. The van der Waals surface area contributed by atoms with Crippen molar-refractivity contribution in [2.45, 2.75) is 43.8 Å². The molecule has 1 nitrogen and oxygen atoms in total. The van der Waals surface area contributed by atoms with Crippen LogP contribution in [0.25, 0.3) is 0 Å². The molecular weight excluding hydrogens is 192 g/mol. The Morgan fingerprint density at radius 2 is 1.86 bits per heavy atom. The standard InChI is InChI=1S/C12H18OS/c1-2-9-7-8(1)10-11(9)13-12(10)3-5-14-6-4-12/h8-11H,1-7H2/t8-,9+,10+,11-/m0/s1. The quantitative estimate of drug-likeness (QED) is 0.608. The summed E-state index contributed by atoms with van der Waals surface area (Å²) in [4.78, 5) is 0. The van der Waals surface area contributed by atoms with E-state index in [0.717, 1.165) is 17.8 Å². The van der Waals surface area contributed by atoms with Crippen LogP contribution < -0.4 is 0 Å². The fourth-order valence-electron chi connectivity index (χ4n) is 4.58. The first-order valence-corrected chi connectivity index (χ1v) is 7.30. The summed E-state index contributed by atoms with van der Waals surface area (Å²) < 4.78 is 6.31. The topological polar surface area (TPSA) is 9.23 Å². The lowest BCUT2D eigenvalue weighted by Gasteiger charge is -2.58. The average molecular weight is 210 g/mol. The largest absolute Gasteiger partial charge is 0.371 e. The smallest absolute Gasteiger partial charge is 0.0757 e. The second-order valence-electron chi connectivity index (χ2n) is 5.62. The Hall–Kier alpha value is 0.310. The zero-order valence-corrected chi connectivity index (χ0v) is 9.39. The van der Waals surface area contributed by atoms with E-state index in [1.165, 1.54) is 43.6 Å². The predicted octanol–water partition coefficient (Wildman–Crippen LogP) is 2.70. The van der Waals surface area contributed by atoms with Crippen LogP contribution in [-0.4, -0.2) is 23.2 Å². The Balaban J connectivity index is 1.61. The van der Waals surface area contributed by atoms with Crippen molar-refractivity contribution >= 4 is 11.8 Å². The van der Waals surface area contributed by atoms with Gasteiger partial charge in [-0.15, -0.1) is 0 Å². The van der Waals surface area contributed by atoms with Crippen LogP contribution in [0.15, 0.2) is 0 Å². The van der Waals surface area contributed by atoms with E-state index < -0.39 is 0 Å². The van der Waals surface area contributed by atoms with Crippen molar-refractivity contribution in [2.75, 3.05) is 11.5 Å². The van der Waals surface area contributed by atoms with Crippen molar-refractivity contribution in [3.63, 3.8) is 0 Å². The molecule has 0 aromatic heterocycles. The molecule has 4 aliphatic rings. The molecule has 4 atom stereocenters. The lowest BCUT2D eigenvalue weighted by molar-refractivity contribution is -0.279. The molecule has 2 aliphatic carbocycles. The molecule has 4 rings (SSSR count). The van der Waals surface area contributed by atoms with Crippen molar-refractivity contribution < 1.29 is 4.74 Å². The molecule has 2 bridgehead atoms. The number of thioether (sulfide) groups is 1. The molecule has 0 N–H and O–H groups in total. The normalized spacial score (nSPS) is 53.1.